The molecule has 10 nitrogen and oxygen atoms in total. The highest BCUT2D eigenvalue weighted by molar-refractivity contribution is 5.93. The van der Waals surface area contributed by atoms with Gasteiger partial charge in [-0.25, -0.2) is 4.79 Å². The van der Waals surface area contributed by atoms with Gasteiger partial charge in [-0.2, -0.15) is 0 Å². The zero-order valence-corrected chi connectivity index (χ0v) is 24.4. The van der Waals surface area contributed by atoms with Gasteiger partial charge in [0.1, 0.15) is 23.4 Å². The number of hydrogen-bond donors (Lipinski definition) is 3. The number of alkyl carbamates (subject to hydrolysis) is 1. The number of rotatable bonds is 12. The van der Waals surface area contributed by atoms with Gasteiger partial charge in [-0.05, 0) is 58.6 Å². The van der Waals surface area contributed by atoms with Crippen LogP contribution in [0.5, 0.6) is 5.75 Å². The molecule has 3 N–H and O–H groups in total. The average Bonchev–Trinajstić information content (AvgIpc) is 3.73. The van der Waals surface area contributed by atoms with Crippen LogP contribution in [-0.4, -0.2) is 64.7 Å². The van der Waals surface area contributed by atoms with E-state index in [-0.39, 0.29) is 43.3 Å². The average molecular weight is 568 g/mol. The van der Waals surface area contributed by atoms with Crippen molar-refractivity contribution in [1.29, 1.82) is 0 Å². The fourth-order valence-corrected chi connectivity index (χ4v) is 4.49. The van der Waals surface area contributed by atoms with E-state index in [1.54, 1.807) is 52.8 Å². The van der Waals surface area contributed by atoms with Gasteiger partial charge in [0.2, 0.25) is 11.8 Å². The van der Waals surface area contributed by atoms with E-state index in [9.17, 15) is 24.3 Å². The van der Waals surface area contributed by atoms with Gasteiger partial charge < -0.3 is 30.1 Å². The normalized spacial score (nSPS) is 14.4. The van der Waals surface area contributed by atoms with Gasteiger partial charge in [-0.15, -0.1) is 0 Å². The summed E-state index contributed by atoms with van der Waals surface area (Å²) in [5, 5.41) is 16.5. The number of ether oxygens (including phenoxy) is 2. The first-order valence-electron chi connectivity index (χ1n) is 14.0. The summed E-state index contributed by atoms with van der Waals surface area (Å²) in [5.74, 6) is -1.58. The minimum absolute atomic E-state index is 0.00293. The number of esters is 1. The van der Waals surface area contributed by atoms with E-state index in [1.807, 2.05) is 30.3 Å². The summed E-state index contributed by atoms with van der Waals surface area (Å²) >= 11 is 0. The topological polar surface area (TPSA) is 134 Å². The number of nitrogens with one attached hydrogen (secondary N) is 2. The molecule has 1 fully saturated rings. The molecule has 0 bridgehead atoms. The largest absolute Gasteiger partial charge is 0.507 e. The molecule has 2 aromatic rings. The fourth-order valence-electron chi connectivity index (χ4n) is 4.49. The van der Waals surface area contributed by atoms with Crippen molar-refractivity contribution >= 4 is 23.9 Å². The van der Waals surface area contributed by atoms with Crippen molar-refractivity contribution in [1.82, 2.24) is 15.5 Å². The Labute approximate surface area is 241 Å². The molecule has 2 aromatic carbocycles. The second-order valence-corrected chi connectivity index (χ2v) is 11.1. The molecule has 0 radical (unpaired) electrons. The maximum Gasteiger partial charge on any atom is 0.408 e. The lowest BCUT2D eigenvalue weighted by Crippen LogP contribution is -2.54. The molecule has 3 amide bonds. The van der Waals surface area contributed by atoms with Crippen molar-refractivity contribution in [2.24, 2.45) is 0 Å². The molecular formula is C31H41N3O7. The van der Waals surface area contributed by atoms with E-state index in [1.165, 1.54) is 4.90 Å². The molecule has 0 spiro atoms. The smallest absolute Gasteiger partial charge is 0.408 e. The molecule has 1 saturated carbocycles. The molecule has 2 atom stereocenters. The number of carbonyl (C=O) groups is 4. The van der Waals surface area contributed by atoms with Crippen LogP contribution in [-0.2, 0) is 30.3 Å². The van der Waals surface area contributed by atoms with Gasteiger partial charge in [0.15, 0.2) is 0 Å². The Morgan fingerprint density at radius 3 is 2.34 bits per heavy atom. The predicted molar refractivity (Wildman–Crippen MR) is 153 cm³/mol. The molecule has 0 saturated heterocycles. The van der Waals surface area contributed by atoms with Crippen LogP contribution in [0, 0.1) is 6.92 Å². The zero-order chi connectivity index (χ0) is 30.2. The third-order valence-corrected chi connectivity index (χ3v) is 6.49. The fraction of sp³-hybridized carbons (Fsp3) is 0.484. The molecule has 41 heavy (non-hydrogen) atoms. The minimum Gasteiger partial charge on any atom is -0.507 e. The van der Waals surface area contributed by atoms with Crippen LogP contribution in [0.15, 0.2) is 48.5 Å². The number of hydrogen-bond acceptors (Lipinski definition) is 7. The minimum atomic E-state index is -1.20. The lowest BCUT2D eigenvalue weighted by Gasteiger charge is -2.35. The number of phenols is 1. The van der Waals surface area contributed by atoms with Crippen LogP contribution in [0.25, 0.3) is 0 Å². The van der Waals surface area contributed by atoms with E-state index >= 15 is 0 Å². The molecular weight excluding hydrogens is 526 g/mol. The van der Waals surface area contributed by atoms with E-state index in [4.69, 9.17) is 9.47 Å². The maximum absolute atomic E-state index is 14.3. The lowest BCUT2D eigenvalue weighted by atomic mass is 9.97. The van der Waals surface area contributed by atoms with Gasteiger partial charge in [-0.3, -0.25) is 14.4 Å². The van der Waals surface area contributed by atoms with Crippen LogP contribution in [0.3, 0.4) is 0 Å². The van der Waals surface area contributed by atoms with E-state index in [0.717, 1.165) is 5.56 Å². The summed E-state index contributed by atoms with van der Waals surface area (Å²) in [7, 11) is 0. The molecule has 222 valence electrons. The second-order valence-electron chi connectivity index (χ2n) is 11.1. The molecule has 2 unspecified atom stereocenters. The number of aromatic hydroxyl groups is 1. The van der Waals surface area contributed by atoms with E-state index in [0.29, 0.717) is 18.4 Å². The first-order valence-corrected chi connectivity index (χ1v) is 14.0. The molecule has 0 heterocycles. The Morgan fingerprint density at radius 1 is 1.05 bits per heavy atom. The number of para-hydroxylation sites is 1. The van der Waals surface area contributed by atoms with Crippen LogP contribution in [0.4, 0.5) is 4.79 Å². The van der Waals surface area contributed by atoms with Crippen LogP contribution >= 0.6 is 0 Å². The molecule has 0 aromatic heterocycles. The standard InChI is InChI=1S/C31H41N3O7/c1-6-40-25(35)17-18-32-28(37)26(23-14-10-11-20(2)27(23)36)34(22-15-16-22)29(38)24(19-21-12-8-7-9-13-21)33-30(39)41-31(3,4)5/h7-14,22,24,26,36H,6,15-19H2,1-5H3,(H,32,37)(H,33,39). The Balaban J connectivity index is 1.98. The van der Waals surface area contributed by atoms with Crippen LogP contribution in [0.1, 0.15) is 69.7 Å². The van der Waals surface area contributed by atoms with Crippen LogP contribution < -0.4 is 10.6 Å². The number of aryl methyl sites for hydroxylation is 1. The quantitative estimate of drug-likeness (QED) is 0.331. The van der Waals surface area contributed by atoms with Gasteiger partial charge in [0, 0.05) is 24.6 Å². The molecule has 1 aliphatic carbocycles. The summed E-state index contributed by atoms with van der Waals surface area (Å²) in [6.45, 7) is 8.82. The summed E-state index contributed by atoms with van der Waals surface area (Å²) in [5.41, 5.74) is 0.832. The predicted octanol–water partition coefficient (Wildman–Crippen LogP) is 3.94. The lowest BCUT2D eigenvalue weighted by molar-refractivity contribution is -0.144. The van der Waals surface area contributed by atoms with Gasteiger partial charge in [0.05, 0.1) is 13.0 Å². The number of benzene rings is 2. The van der Waals surface area contributed by atoms with Crippen LogP contribution in [0.2, 0.25) is 0 Å². The van der Waals surface area contributed by atoms with Crippen molar-refractivity contribution < 1.29 is 33.8 Å². The van der Waals surface area contributed by atoms with Crippen molar-refractivity contribution in [3.05, 3.63) is 65.2 Å². The monoisotopic (exact) mass is 567 g/mol. The number of carbonyl (C=O) groups excluding carboxylic acids is 4. The number of nitrogens with zero attached hydrogens (tertiary/aromatic N) is 1. The van der Waals surface area contributed by atoms with E-state index < -0.39 is 41.6 Å². The Morgan fingerprint density at radius 2 is 1.73 bits per heavy atom. The third-order valence-electron chi connectivity index (χ3n) is 6.49. The second kappa shape index (κ2) is 14.0. The van der Waals surface area contributed by atoms with Gasteiger partial charge in [0.25, 0.3) is 0 Å². The summed E-state index contributed by atoms with van der Waals surface area (Å²) in [6.07, 6.45) is 0.695. The number of phenolic OH excluding ortho intramolecular Hbond substituents is 1. The van der Waals surface area contributed by atoms with Crippen molar-refractivity contribution in [3.8, 4) is 5.75 Å². The first kappa shape index (κ1) is 31.4. The summed E-state index contributed by atoms with van der Waals surface area (Å²) in [4.78, 5) is 54.2. The Kier molecular flexibility index (Phi) is 10.7. The Hall–Kier alpha value is -4.08. The highest BCUT2D eigenvalue weighted by atomic mass is 16.6. The van der Waals surface area contributed by atoms with Gasteiger partial charge in [-0.1, -0.05) is 48.5 Å². The summed E-state index contributed by atoms with van der Waals surface area (Å²) < 4.78 is 10.4. The maximum atomic E-state index is 14.3. The molecule has 1 aliphatic rings. The first-order chi connectivity index (χ1) is 19.4. The van der Waals surface area contributed by atoms with Gasteiger partial charge >= 0.3 is 12.1 Å². The zero-order valence-electron chi connectivity index (χ0n) is 24.4. The molecule has 10 heteroatoms. The van der Waals surface area contributed by atoms with E-state index in [2.05, 4.69) is 10.6 Å². The SMILES string of the molecule is CCOC(=O)CCNC(=O)C(c1cccc(C)c1O)N(C(=O)C(Cc1ccccc1)NC(=O)OC(C)(C)C)C1CC1. The number of amides is 3. The highest BCUT2D eigenvalue weighted by Gasteiger charge is 2.45. The molecule has 3 rings (SSSR count). The van der Waals surface area contributed by atoms with Crippen molar-refractivity contribution in [2.45, 2.75) is 84.0 Å². The Bertz CT molecular complexity index is 1220. The molecule has 0 aliphatic heterocycles. The summed E-state index contributed by atoms with van der Waals surface area (Å²) in [6, 6.07) is 11.7. The van der Waals surface area contributed by atoms with Crippen molar-refractivity contribution in [3.63, 3.8) is 0 Å². The highest BCUT2D eigenvalue weighted by Crippen LogP contribution is 2.39. The van der Waals surface area contributed by atoms with Crippen molar-refractivity contribution in [2.75, 3.05) is 13.2 Å². The third kappa shape index (κ3) is 9.23.